The number of nitrogens with zero attached hydrogens (tertiary/aromatic N) is 2. The molecule has 0 spiro atoms. The fourth-order valence-electron chi connectivity index (χ4n) is 2.92. The molecular formula is C24H32F3LiN2O2-2. The van der Waals surface area contributed by atoms with Crippen LogP contribution in [0.15, 0.2) is 40.9 Å². The number of benzene rings is 1. The van der Waals surface area contributed by atoms with Crippen LogP contribution in [0.1, 0.15) is 51.7 Å². The fourth-order valence-corrected chi connectivity index (χ4v) is 2.92. The predicted octanol–water partition coefficient (Wildman–Crippen LogP) is 2.60. The molecule has 2 rings (SSSR count). The summed E-state index contributed by atoms with van der Waals surface area (Å²) in [5, 5.41) is 0. The predicted molar refractivity (Wildman–Crippen MR) is 118 cm³/mol. The standard InChI is InChI=1S/C19H23F3N2.C5H9O2.Li/c1-4-24(5-2)18-13-14(3)12-17(23-18)11-8-15-6-9-16(10-7-15)19(20,21)22;1-5(2,3)7-4-6;/h6-7,9-10,13,17H,1-2,4-5,8,11-12H2,3H3;1-3H3;/q-2;-1;+1. The number of hydrogen-bond donors (Lipinski definition) is 0. The number of alkyl halides is 3. The Morgan fingerprint density at radius 1 is 1.16 bits per heavy atom. The molecule has 0 amide bonds. The van der Waals surface area contributed by atoms with Crippen LogP contribution in [-0.2, 0) is 22.1 Å². The molecule has 1 aliphatic rings. The molecule has 1 aromatic rings. The number of carbonyl (C=O) groups excluding carboxylic acids is 1. The van der Waals surface area contributed by atoms with Crippen LogP contribution in [0.4, 0.5) is 13.2 Å². The minimum Gasteiger partial charge on any atom is -0.649 e. The number of ether oxygens (including phenoxy) is 1. The van der Waals surface area contributed by atoms with Gasteiger partial charge in [-0.1, -0.05) is 24.2 Å². The molecule has 0 aliphatic carbocycles. The zero-order chi connectivity index (χ0) is 23.7. The summed E-state index contributed by atoms with van der Waals surface area (Å²) in [7, 11) is 0. The largest absolute Gasteiger partial charge is 1.00 e. The van der Waals surface area contributed by atoms with Crippen molar-refractivity contribution in [1.82, 2.24) is 4.90 Å². The second-order valence-corrected chi connectivity index (χ2v) is 8.35. The van der Waals surface area contributed by atoms with Gasteiger partial charge < -0.3 is 28.3 Å². The molecule has 1 atom stereocenters. The third-order valence-electron chi connectivity index (χ3n) is 4.51. The van der Waals surface area contributed by atoms with E-state index in [1.165, 1.54) is 12.0 Å². The van der Waals surface area contributed by atoms with Crippen molar-refractivity contribution in [2.75, 3.05) is 13.1 Å². The quantitative estimate of drug-likeness (QED) is 0.501. The molecule has 0 radical (unpaired) electrons. The van der Waals surface area contributed by atoms with Crippen LogP contribution in [0.2, 0.25) is 0 Å². The Bertz CT molecular complexity index is 750. The third-order valence-corrected chi connectivity index (χ3v) is 4.51. The van der Waals surface area contributed by atoms with E-state index >= 15 is 0 Å². The van der Waals surface area contributed by atoms with Gasteiger partial charge in [0.2, 0.25) is 0 Å². The van der Waals surface area contributed by atoms with Crippen molar-refractivity contribution in [1.29, 1.82) is 0 Å². The summed E-state index contributed by atoms with van der Waals surface area (Å²) in [4.78, 5) is 16.2. The van der Waals surface area contributed by atoms with Gasteiger partial charge >= 0.3 is 25.0 Å². The van der Waals surface area contributed by atoms with E-state index in [0.717, 1.165) is 36.4 Å². The summed E-state index contributed by atoms with van der Waals surface area (Å²) < 4.78 is 42.2. The smallest absolute Gasteiger partial charge is 0.649 e. The first-order valence-electron chi connectivity index (χ1n) is 10.2. The van der Waals surface area contributed by atoms with Crippen LogP contribution in [-0.4, -0.2) is 41.9 Å². The Morgan fingerprint density at radius 2 is 1.72 bits per heavy atom. The van der Waals surface area contributed by atoms with Crippen molar-refractivity contribution in [2.45, 2.75) is 64.8 Å². The molecule has 0 N–H and O–H groups in total. The molecular weight excluding hydrogens is 412 g/mol. The maximum Gasteiger partial charge on any atom is 1.00 e. The van der Waals surface area contributed by atoms with E-state index in [0.29, 0.717) is 19.5 Å². The first kappa shape index (κ1) is 30.3. The van der Waals surface area contributed by atoms with Gasteiger partial charge in [-0.15, -0.1) is 13.1 Å². The maximum atomic E-state index is 12.6. The zero-order valence-corrected chi connectivity index (χ0v) is 19.8. The SMILES string of the molecule is CC(C)(C)O[C-]=O.[CH2-]CN(C[CH2-])C1=NC(CCc2ccc(C(F)(F)F)cc2)CC(C)=C1.[Li+]. The van der Waals surface area contributed by atoms with E-state index in [1.807, 2.05) is 4.90 Å². The second-order valence-electron chi connectivity index (χ2n) is 8.35. The fraction of sp³-hybridized carbons (Fsp3) is 0.500. The number of rotatable bonds is 6. The first-order valence-corrected chi connectivity index (χ1v) is 10.2. The molecule has 4 nitrogen and oxygen atoms in total. The molecule has 0 bridgehead atoms. The van der Waals surface area contributed by atoms with Gasteiger partial charge in [0, 0.05) is 0 Å². The monoisotopic (exact) mass is 444 g/mol. The van der Waals surface area contributed by atoms with Crippen LogP contribution < -0.4 is 18.9 Å². The van der Waals surface area contributed by atoms with Crippen LogP contribution in [0.25, 0.3) is 0 Å². The van der Waals surface area contributed by atoms with Gasteiger partial charge in [-0.2, -0.15) is 13.2 Å². The Morgan fingerprint density at radius 3 is 2.12 bits per heavy atom. The summed E-state index contributed by atoms with van der Waals surface area (Å²) in [5.41, 5.74) is 1.17. The summed E-state index contributed by atoms with van der Waals surface area (Å²) in [5.74, 6) is 0.904. The third kappa shape index (κ3) is 11.2. The molecule has 1 heterocycles. The van der Waals surface area contributed by atoms with Crippen LogP contribution >= 0.6 is 0 Å². The van der Waals surface area contributed by atoms with Crippen LogP contribution in [0, 0.1) is 13.8 Å². The number of hydrogen-bond acceptors (Lipinski definition) is 4. The Kier molecular flexibility index (Phi) is 13.0. The second kappa shape index (κ2) is 13.7. The Hall–Kier alpha value is -1.71. The van der Waals surface area contributed by atoms with E-state index in [4.69, 9.17) is 4.99 Å². The van der Waals surface area contributed by atoms with Gasteiger partial charge in [0.05, 0.1) is 17.2 Å². The van der Waals surface area contributed by atoms with E-state index in [2.05, 4.69) is 31.6 Å². The van der Waals surface area contributed by atoms with Crippen molar-refractivity contribution >= 4 is 12.3 Å². The van der Waals surface area contributed by atoms with E-state index in [1.54, 1.807) is 32.9 Å². The van der Waals surface area contributed by atoms with Crippen LogP contribution in [0.5, 0.6) is 0 Å². The maximum absolute atomic E-state index is 12.6. The molecule has 32 heavy (non-hydrogen) atoms. The van der Waals surface area contributed by atoms with Crippen LogP contribution in [0.3, 0.4) is 0 Å². The molecule has 1 aliphatic heterocycles. The van der Waals surface area contributed by atoms with Gasteiger partial charge in [0.25, 0.3) is 0 Å². The van der Waals surface area contributed by atoms with Crippen molar-refractivity contribution in [3.8, 4) is 0 Å². The minimum atomic E-state index is -4.28. The van der Waals surface area contributed by atoms with Gasteiger partial charge in [0.1, 0.15) is 5.84 Å². The molecule has 0 saturated carbocycles. The molecule has 0 fully saturated rings. The van der Waals surface area contributed by atoms with Gasteiger partial charge in [-0.25, -0.2) is 0 Å². The normalized spacial score (nSPS) is 16.0. The average Bonchev–Trinajstić information content (AvgIpc) is 2.66. The van der Waals surface area contributed by atoms with Gasteiger partial charge in [0.15, 0.2) is 0 Å². The number of aliphatic imine (C=N–C) groups is 1. The number of aryl methyl sites for hydroxylation is 1. The molecule has 0 saturated heterocycles. The van der Waals surface area contributed by atoms with Crippen molar-refractivity contribution < 1.29 is 41.6 Å². The summed E-state index contributed by atoms with van der Waals surface area (Å²) in [6.07, 6.45) is 0.176. The van der Waals surface area contributed by atoms with E-state index in [9.17, 15) is 18.0 Å². The van der Waals surface area contributed by atoms with Crippen molar-refractivity contribution in [3.05, 3.63) is 60.9 Å². The average molecular weight is 444 g/mol. The molecule has 8 heteroatoms. The summed E-state index contributed by atoms with van der Waals surface area (Å²) >= 11 is 0. The van der Waals surface area contributed by atoms with Crippen molar-refractivity contribution in [3.63, 3.8) is 0 Å². The topological polar surface area (TPSA) is 41.9 Å². The molecule has 1 unspecified atom stereocenters. The van der Waals surface area contributed by atoms with E-state index < -0.39 is 11.7 Å². The van der Waals surface area contributed by atoms with Gasteiger partial charge in [-0.05, 0) is 70.7 Å². The van der Waals surface area contributed by atoms with Crippen molar-refractivity contribution in [2.24, 2.45) is 4.99 Å². The minimum absolute atomic E-state index is 0. The Balaban J connectivity index is 0.00000104. The molecule has 0 aromatic heterocycles. The summed E-state index contributed by atoms with van der Waals surface area (Å²) in [6, 6.07) is 5.54. The van der Waals surface area contributed by atoms with Gasteiger partial charge in [-0.3, -0.25) is 4.99 Å². The van der Waals surface area contributed by atoms with E-state index in [-0.39, 0.29) is 30.5 Å². The number of dihydropyridines is 1. The zero-order valence-electron chi connectivity index (χ0n) is 19.8. The molecule has 174 valence electrons. The Labute approximate surface area is 202 Å². The number of halogens is 3. The summed E-state index contributed by atoms with van der Waals surface area (Å²) in [6.45, 7) is 17.8. The number of amidine groups is 1. The molecule has 1 aromatic carbocycles. The first-order chi connectivity index (χ1) is 14.4.